The molecule has 3 aromatic rings. The molecule has 1 saturated heterocycles. The molecule has 1 N–H and O–H groups in total. The standard InChI is InChI=1S/C19H21N5O2/c1-13-8-21-18(10-20-13)19(25)24-4-5-26-12-15(11-24)6-14-2-3-17-16(7-14)9-22-23-17/h2-3,7-10,15H,4-6,11-12H2,1H3,(H,22,23)/t15-/m0/s1. The Bertz CT molecular complexity index is 906. The van der Waals surface area contributed by atoms with Crippen molar-refractivity contribution in [2.24, 2.45) is 5.92 Å². The fourth-order valence-corrected chi connectivity index (χ4v) is 3.31. The van der Waals surface area contributed by atoms with Crippen LogP contribution in [-0.2, 0) is 11.2 Å². The zero-order valence-electron chi connectivity index (χ0n) is 14.7. The highest BCUT2D eigenvalue weighted by Gasteiger charge is 2.24. The van der Waals surface area contributed by atoms with Crippen LogP contribution in [0.3, 0.4) is 0 Å². The molecule has 0 spiro atoms. The van der Waals surface area contributed by atoms with Gasteiger partial charge in [0, 0.05) is 30.6 Å². The molecule has 0 aliphatic carbocycles. The van der Waals surface area contributed by atoms with Crippen LogP contribution in [0.5, 0.6) is 0 Å². The second kappa shape index (κ2) is 7.21. The SMILES string of the molecule is Cc1cnc(C(=O)N2CCOC[C@@H](Cc3ccc4[nH]ncc4c3)C2)cn1. The van der Waals surface area contributed by atoms with Gasteiger partial charge in [0.1, 0.15) is 5.69 Å². The van der Waals surface area contributed by atoms with Crippen LogP contribution in [-0.4, -0.2) is 57.3 Å². The molecule has 0 bridgehead atoms. The van der Waals surface area contributed by atoms with Gasteiger partial charge in [0.15, 0.2) is 0 Å². The zero-order valence-corrected chi connectivity index (χ0v) is 14.7. The van der Waals surface area contributed by atoms with Crippen LogP contribution in [0.2, 0.25) is 0 Å². The Morgan fingerprint density at radius 1 is 1.31 bits per heavy atom. The average Bonchev–Trinajstić information content (AvgIpc) is 2.99. The van der Waals surface area contributed by atoms with Crippen LogP contribution < -0.4 is 0 Å². The Kier molecular flexibility index (Phi) is 4.62. The second-order valence-corrected chi connectivity index (χ2v) is 6.73. The molecule has 2 aromatic heterocycles. The molecule has 0 radical (unpaired) electrons. The van der Waals surface area contributed by atoms with Gasteiger partial charge in [-0.15, -0.1) is 0 Å². The van der Waals surface area contributed by atoms with Crippen LogP contribution in [0.15, 0.2) is 36.8 Å². The lowest BCUT2D eigenvalue weighted by Gasteiger charge is -2.23. The van der Waals surface area contributed by atoms with E-state index >= 15 is 0 Å². The number of nitrogens with zero attached hydrogens (tertiary/aromatic N) is 4. The van der Waals surface area contributed by atoms with Crippen molar-refractivity contribution in [2.45, 2.75) is 13.3 Å². The summed E-state index contributed by atoms with van der Waals surface area (Å²) in [6, 6.07) is 6.28. The van der Waals surface area contributed by atoms with Crippen molar-refractivity contribution in [3.05, 3.63) is 53.7 Å². The maximum Gasteiger partial charge on any atom is 0.274 e. The van der Waals surface area contributed by atoms with Crippen molar-refractivity contribution < 1.29 is 9.53 Å². The summed E-state index contributed by atoms with van der Waals surface area (Å²) in [5.41, 5.74) is 3.43. The molecular formula is C19H21N5O2. The Hall–Kier alpha value is -2.80. The Morgan fingerprint density at radius 2 is 2.23 bits per heavy atom. The third-order valence-electron chi connectivity index (χ3n) is 4.65. The summed E-state index contributed by atoms with van der Waals surface area (Å²) in [5, 5.41) is 8.12. The molecule has 26 heavy (non-hydrogen) atoms. The largest absolute Gasteiger partial charge is 0.379 e. The van der Waals surface area contributed by atoms with E-state index in [9.17, 15) is 4.79 Å². The molecule has 134 valence electrons. The minimum absolute atomic E-state index is 0.0849. The van der Waals surface area contributed by atoms with Gasteiger partial charge in [-0.2, -0.15) is 5.10 Å². The lowest BCUT2D eigenvalue weighted by atomic mass is 9.98. The lowest BCUT2D eigenvalue weighted by Crippen LogP contribution is -2.37. The molecule has 0 saturated carbocycles. The predicted molar refractivity (Wildman–Crippen MR) is 96.8 cm³/mol. The normalized spacial score (nSPS) is 18.0. The van der Waals surface area contributed by atoms with E-state index in [2.05, 4.69) is 32.3 Å². The van der Waals surface area contributed by atoms with Gasteiger partial charge in [-0.3, -0.25) is 14.9 Å². The van der Waals surface area contributed by atoms with E-state index in [1.807, 2.05) is 24.1 Å². The van der Waals surface area contributed by atoms with Crippen molar-refractivity contribution in [3.63, 3.8) is 0 Å². The molecule has 1 amide bonds. The van der Waals surface area contributed by atoms with E-state index in [1.165, 1.54) is 5.56 Å². The van der Waals surface area contributed by atoms with Gasteiger partial charge in [0.05, 0.1) is 36.8 Å². The van der Waals surface area contributed by atoms with Crippen molar-refractivity contribution in [1.82, 2.24) is 25.1 Å². The van der Waals surface area contributed by atoms with E-state index in [0.717, 1.165) is 23.0 Å². The van der Waals surface area contributed by atoms with E-state index in [-0.39, 0.29) is 11.8 Å². The summed E-state index contributed by atoms with van der Waals surface area (Å²) in [6.45, 7) is 4.27. The molecule has 7 nitrogen and oxygen atoms in total. The van der Waals surface area contributed by atoms with Gasteiger partial charge in [-0.05, 0) is 31.0 Å². The minimum atomic E-state index is -0.0849. The van der Waals surface area contributed by atoms with Gasteiger partial charge < -0.3 is 9.64 Å². The van der Waals surface area contributed by atoms with Gasteiger partial charge >= 0.3 is 0 Å². The van der Waals surface area contributed by atoms with Crippen molar-refractivity contribution in [2.75, 3.05) is 26.3 Å². The Labute approximate surface area is 151 Å². The topological polar surface area (TPSA) is 84.0 Å². The number of rotatable bonds is 3. The summed E-state index contributed by atoms with van der Waals surface area (Å²) in [5.74, 6) is 0.155. The molecular weight excluding hydrogens is 330 g/mol. The first-order valence-electron chi connectivity index (χ1n) is 8.77. The van der Waals surface area contributed by atoms with Crippen LogP contribution >= 0.6 is 0 Å². The number of aryl methyl sites for hydroxylation is 1. The molecule has 1 fully saturated rings. The van der Waals surface area contributed by atoms with Crippen molar-refractivity contribution in [1.29, 1.82) is 0 Å². The summed E-state index contributed by atoms with van der Waals surface area (Å²) in [4.78, 5) is 23.0. The Balaban J connectivity index is 1.48. The fourth-order valence-electron chi connectivity index (χ4n) is 3.31. The molecule has 1 atom stereocenters. The third-order valence-corrected chi connectivity index (χ3v) is 4.65. The highest BCUT2D eigenvalue weighted by molar-refractivity contribution is 5.92. The quantitative estimate of drug-likeness (QED) is 0.780. The molecule has 1 aliphatic rings. The van der Waals surface area contributed by atoms with Gasteiger partial charge in [0.25, 0.3) is 5.91 Å². The van der Waals surface area contributed by atoms with Crippen LogP contribution in [0.1, 0.15) is 21.7 Å². The minimum Gasteiger partial charge on any atom is -0.379 e. The van der Waals surface area contributed by atoms with E-state index in [0.29, 0.717) is 32.0 Å². The lowest BCUT2D eigenvalue weighted by molar-refractivity contribution is 0.0731. The number of benzene rings is 1. The number of H-pyrrole nitrogens is 1. The smallest absolute Gasteiger partial charge is 0.274 e. The van der Waals surface area contributed by atoms with Crippen molar-refractivity contribution >= 4 is 16.8 Å². The number of aromatic nitrogens is 4. The van der Waals surface area contributed by atoms with E-state index < -0.39 is 0 Å². The first-order valence-corrected chi connectivity index (χ1v) is 8.77. The highest BCUT2D eigenvalue weighted by atomic mass is 16.5. The number of nitrogens with one attached hydrogen (secondary N) is 1. The summed E-state index contributed by atoms with van der Waals surface area (Å²) < 4.78 is 5.74. The number of ether oxygens (including phenoxy) is 1. The zero-order chi connectivity index (χ0) is 17.9. The molecule has 1 aliphatic heterocycles. The van der Waals surface area contributed by atoms with Crippen LogP contribution in [0.25, 0.3) is 10.9 Å². The number of hydrogen-bond donors (Lipinski definition) is 1. The third kappa shape index (κ3) is 3.57. The number of carbonyl (C=O) groups is 1. The number of aromatic amines is 1. The summed E-state index contributed by atoms with van der Waals surface area (Å²) in [6.07, 6.45) is 5.85. The number of carbonyl (C=O) groups excluding carboxylic acids is 1. The van der Waals surface area contributed by atoms with Gasteiger partial charge in [-0.25, -0.2) is 4.98 Å². The van der Waals surface area contributed by atoms with Crippen LogP contribution in [0, 0.1) is 12.8 Å². The predicted octanol–water partition coefficient (Wildman–Crippen LogP) is 1.99. The van der Waals surface area contributed by atoms with Crippen LogP contribution in [0.4, 0.5) is 0 Å². The summed E-state index contributed by atoms with van der Waals surface area (Å²) >= 11 is 0. The first-order chi connectivity index (χ1) is 12.7. The Morgan fingerprint density at radius 3 is 3.08 bits per heavy atom. The van der Waals surface area contributed by atoms with E-state index in [1.54, 1.807) is 12.4 Å². The molecule has 1 aromatic carbocycles. The summed E-state index contributed by atoms with van der Waals surface area (Å²) in [7, 11) is 0. The maximum atomic E-state index is 12.8. The maximum absolute atomic E-state index is 12.8. The van der Waals surface area contributed by atoms with Gasteiger partial charge in [-0.1, -0.05) is 6.07 Å². The second-order valence-electron chi connectivity index (χ2n) is 6.73. The van der Waals surface area contributed by atoms with E-state index in [4.69, 9.17) is 4.74 Å². The number of fused-ring (bicyclic) bond motifs is 1. The molecule has 3 heterocycles. The molecule has 0 unspecified atom stereocenters. The molecule has 4 rings (SSSR count). The molecule has 7 heteroatoms. The number of hydrogen-bond acceptors (Lipinski definition) is 5. The van der Waals surface area contributed by atoms with Gasteiger partial charge in [0.2, 0.25) is 0 Å². The highest BCUT2D eigenvalue weighted by Crippen LogP contribution is 2.19. The fraction of sp³-hybridized carbons (Fsp3) is 0.368. The van der Waals surface area contributed by atoms with Crippen molar-refractivity contribution in [3.8, 4) is 0 Å². The first kappa shape index (κ1) is 16.7. The monoisotopic (exact) mass is 351 g/mol. The number of amides is 1. The average molecular weight is 351 g/mol.